The van der Waals surface area contributed by atoms with E-state index in [9.17, 15) is 0 Å². The van der Waals surface area contributed by atoms with Crippen LogP contribution in [0.15, 0.2) is 21.1 Å². The van der Waals surface area contributed by atoms with E-state index in [1.165, 1.54) is 5.56 Å². The molecule has 0 aromatic heterocycles. The van der Waals surface area contributed by atoms with E-state index in [1.807, 2.05) is 6.92 Å². The van der Waals surface area contributed by atoms with E-state index in [4.69, 9.17) is 4.74 Å². The number of hydrogen-bond acceptors (Lipinski definition) is 2. The van der Waals surface area contributed by atoms with E-state index in [2.05, 4.69) is 70.1 Å². The molecule has 0 aliphatic carbocycles. The Kier molecular flexibility index (Phi) is 6.15. The summed E-state index contributed by atoms with van der Waals surface area (Å²) in [5.41, 5.74) is 1.54. The lowest BCUT2D eigenvalue weighted by molar-refractivity contribution is 0.335. The Hall–Kier alpha value is -0.0600. The lowest BCUT2D eigenvalue weighted by Gasteiger charge is -2.19. The maximum atomic E-state index is 5.57. The van der Waals surface area contributed by atoms with Gasteiger partial charge in [0.15, 0.2) is 0 Å². The molecule has 0 aliphatic heterocycles. The van der Waals surface area contributed by atoms with Crippen LogP contribution in [0.1, 0.15) is 33.3 Å². The Morgan fingerprint density at radius 1 is 1.17 bits per heavy atom. The maximum Gasteiger partial charge on any atom is 0.147 e. The van der Waals surface area contributed by atoms with Crippen molar-refractivity contribution >= 4 is 31.9 Å². The fourth-order valence-corrected chi connectivity index (χ4v) is 3.09. The van der Waals surface area contributed by atoms with Gasteiger partial charge in [-0.3, -0.25) is 0 Å². The highest BCUT2D eigenvalue weighted by atomic mass is 79.9. The molecule has 1 rings (SSSR count). The fourth-order valence-electron chi connectivity index (χ4n) is 1.58. The molecule has 0 spiro atoms. The maximum absolute atomic E-state index is 5.57. The van der Waals surface area contributed by atoms with E-state index < -0.39 is 0 Å². The van der Waals surface area contributed by atoms with E-state index in [0.717, 1.165) is 27.8 Å². The Morgan fingerprint density at radius 3 is 2.17 bits per heavy atom. The molecule has 0 heterocycles. The number of benzene rings is 1. The van der Waals surface area contributed by atoms with Crippen LogP contribution < -0.4 is 10.1 Å². The molecule has 0 fully saturated rings. The van der Waals surface area contributed by atoms with Crippen molar-refractivity contribution in [2.45, 2.75) is 34.2 Å². The van der Waals surface area contributed by atoms with E-state index in [1.54, 1.807) is 0 Å². The molecule has 0 aliphatic rings. The van der Waals surface area contributed by atoms with Gasteiger partial charge in [-0.1, -0.05) is 20.8 Å². The van der Waals surface area contributed by atoms with Crippen LogP contribution in [-0.2, 0) is 6.54 Å². The summed E-state index contributed by atoms with van der Waals surface area (Å²) in [7, 11) is 0. The minimum absolute atomic E-state index is 0.305. The molecule has 1 aromatic rings. The Balaban J connectivity index is 2.68. The highest BCUT2D eigenvalue weighted by Gasteiger charge is 2.11. The van der Waals surface area contributed by atoms with Crippen LogP contribution in [0.3, 0.4) is 0 Å². The van der Waals surface area contributed by atoms with Crippen LogP contribution in [0.2, 0.25) is 0 Å². The van der Waals surface area contributed by atoms with Crippen LogP contribution in [0, 0.1) is 5.41 Å². The van der Waals surface area contributed by atoms with Crippen LogP contribution in [0.4, 0.5) is 0 Å². The van der Waals surface area contributed by atoms with Crippen LogP contribution in [0.5, 0.6) is 5.75 Å². The summed E-state index contributed by atoms with van der Waals surface area (Å²) in [4.78, 5) is 0. The lowest BCUT2D eigenvalue weighted by Crippen LogP contribution is -2.26. The van der Waals surface area contributed by atoms with E-state index >= 15 is 0 Å². The van der Waals surface area contributed by atoms with Gasteiger partial charge in [-0.2, -0.15) is 0 Å². The molecule has 0 unspecified atom stereocenters. The number of nitrogens with one attached hydrogen (secondary N) is 1. The van der Waals surface area contributed by atoms with Crippen LogP contribution in [-0.4, -0.2) is 13.2 Å². The molecule has 0 bridgehead atoms. The normalized spacial score (nSPS) is 11.7. The standard InChI is InChI=1S/C14H21Br2NO/c1-5-18-13-11(15)6-10(7-12(13)16)8-17-9-14(2,3)4/h6-7,17H,5,8-9H2,1-4H3. The van der Waals surface area contributed by atoms with Crippen molar-refractivity contribution in [3.05, 3.63) is 26.6 Å². The first-order chi connectivity index (χ1) is 8.33. The first-order valence-corrected chi connectivity index (χ1v) is 7.73. The smallest absolute Gasteiger partial charge is 0.147 e. The summed E-state index contributed by atoms with van der Waals surface area (Å²) in [6.45, 7) is 11.2. The largest absolute Gasteiger partial charge is 0.492 e. The predicted octanol–water partition coefficient (Wildman–Crippen LogP) is 4.75. The van der Waals surface area contributed by atoms with Gasteiger partial charge in [0.05, 0.1) is 15.6 Å². The van der Waals surface area contributed by atoms with Crippen molar-refractivity contribution in [3.63, 3.8) is 0 Å². The molecule has 18 heavy (non-hydrogen) atoms. The molecular formula is C14H21Br2NO. The zero-order valence-corrected chi connectivity index (χ0v) is 14.6. The minimum Gasteiger partial charge on any atom is -0.492 e. The van der Waals surface area contributed by atoms with Gasteiger partial charge in [0.2, 0.25) is 0 Å². The molecule has 1 aromatic carbocycles. The van der Waals surface area contributed by atoms with Gasteiger partial charge in [-0.15, -0.1) is 0 Å². The topological polar surface area (TPSA) is 21.3 Å². The van der Waals surface area contributed by atoms with Crippen molar-refractivity contribution in [2.75, 3.05) is 13.2 Å². The zero-order valence-electron chi connectivity index (χ0n) is 11.4. The first-order valence-electron chi connectivity index (χ1n) is 6.15. The Labute approximate surface area is 127 Å². The molecule has 0 atom stereocenters. The van der Waals surface area contributed by atoms with Crippen molar-refractivity contribution in [2.24, 2.45) is 5.41 Å². The van der Waals surface area contributed by atoms with Gasteiger partial charge in [-0.25, -0.2) is 0 Å². The van der Waals surface area contributed by atoms with Gasteiger partial charge < -0.3 is 10.1 Å². The van der Waals surface area contributed by atoms with Gasteiger partial charge in [0.25, 0.3) is 0 Å². The SMILES string of the molecule is CCOc1c(Br)cc(CNCC(C)(C)C)cc1Br. The van der Waals surface area contributed by atoms with Gasteiger partial charge >= 0.3 is 0 Å². The molecular weight excluding hydrogens is 358 g/mol. The van der Waals surface area contributed by atoms with E-state index in [-0.39, 0.29) is 0 Å². The van der Waals surface area contributed by atoms with Crippen molar-refractivity contribution < 1.29 is 4.74 Å². The monoisotopic (exact) mass is 377 g/mol. The summed E-state index contributed by atoms with van der Waals surface area (Å²) in [6, 6.07) is 4.21. The molecule has 0 radical (unpaired) electrons. The second-order valence-corrected chi connectivity index (χ2v) is 7.19. The third-order valence-corrected chi connectivity index (χ3v) is 3.51. The average molecular weight is 379 g/mol. The summed E-state index contributed by atoms with van der Waals surface area (Å²) >= 11 is 7.10. The number of ether oxygens (including phenoxy) is 1. The molecule has 2 nitrogen and oxygen atoms in total. The number of rotatable bonds is 5. The second-order valence-electron chi connectivity index (χ2n) is 5.49. The zero-order chi connectivity index (χ0) is 13.8. The van der Waals surface area contributed by atoms with E-state index in [0.29, 0.717) is 12.0 Å². The number of halogens is 2. The molecule has 4 heteroatoms. The first kappa shape index (κ1) is 16.0. The third-order valence-electron chi connectivity index (χ3n) is 2.33. The Bertz CT molecular complexity index is 376. The van der Waals surface area contributed by atoms with Gasteiger partial charge in [0.1, 0.15) is 5.75 Å². The number of hydrogen-bond donors (Lipinski definition) is 1. The molecule has 1 N–H and O–H groups in total. The van der Waals surface area contributed by atoms with Crippen molar-refractivity contribution in [3.8, 4) is 5.75 Å². The van der Waals surface area contributed by atoms with Crippen LogP contribution in [0.25, 0.3) is 0 Å². The predicted molar refractivity (Wildman–Crippen MR) is 84.2 cm³/mol. The molecule has 102 valence electrons. The second kappa shape index (κ2) is 6.92. The average Bonchev–Trinajstić information content (AvgIpc) is 2.21. The fraction of sp³-hybridized carbons (Fsp3) is 0.571. The van der Waals surface area contributed by atoms with Gasteiger partial charge in [-0.05, 0) is 61.9 Å². The molecule has 0 saturated heterocycles. The minimum atomic E-state index is 0.305. The van der Waals surface area contributed by atoms with Crippen molar-refractivity contribution in [1.82, 2.24) is 5.32 Å². The van der Waals surface area contributed by atoms with Crippen LogP contribution >= 0.6 is 31.9 Å². The molecule has 0 amide bonds. The van der Waals surface area contributed by atoms with Crippen molar-refractivity contribution in [1.29, 1.82) is 0 Å². The third kappa shape index (κ3) is 5.29. The molecule has 0 saturated carbocycles. The Morgan fingerprint density at radius 2 is 1.72 bits per heavy atom. The highest BCUT2D eigenvalue weighted by Crippen LogP contribution is 2.34. The highest BCUT2D eigenvalue weighted by molar-refractivity contribution is 9.11. The summed E-state index contributed by atoms with van der Waals surface area (Å²) in [6.07, 6.45) is 0. The quantitative estimate of drug-likeness (QED) is 0.798. The van der Waals surface area contributed by atoms with Gasteiger partial charge in [0, 0.05) is 13.1 Å². The summed E-state index contributed by atoms with van der Waals surface area (Å²) in [5, 5.41) is 3.47. The lowest BCUT2D eigenvalue weighted by atomic mass is 9.97. The summed E-state index contributed by atoms with van der Waals surface area (Å²) < 4.78 is 7.55. The summed E-state index contributed by atoms with van der Waals surface area (Å²) in [5.74, 6) is 0.872.